The second-order valence-corrected chi connectivity index (χ2v) is 9.71. The summed E-state index contributed by atoms with van der Waals surface area (Å²) in [5, 5.41) is 0.602. The van der Waals surface area contributed by atoms with Crippen molar-refractivity contribution in [2.75, 3.05) is 7.11 Å². The van der Waals surface area contributed by atoms with Gasteiger partial charge in [-0.15, -0.1) is 0 Å². The van der Waals surface area contributed by atoms with Gasteiger partial charge >= 0.3 is 0 Å². The molecular weight excluding hydrogens is 459 g/mol. The summed E-state index contributed by atoms with van der Waals surface area (Å²) in [6.07, 6.45) is 2.63. The Bertz CT molecular complexity index is 1480. The van der Waals surface area contributed by atoms with Crippen LogP contribution in [0.4, 0.5) is 4.39 Å². The van der Waals surface area contributed by atoms with Crippen molar-refractivity contribution in [1.82, 2.24) is 9.71 Å². The Hall–Kier alpha value is -3.72. The first-order chi connectivity index (χ1) is 16.2. The van der Waals surface area contributed by atoms with E-state index in [4.69, 9.17) is 9.15 Å². The number of benzene rings is 2. The van der Waals surface area contributed by atoms with Gasteiger partial charge in [0, 0.05) is 17.6 Å². The molecule has 4 rings (SSSR count). The number of rotatable bonds is 7. The molecule has 0 saturated heterocycles. The van der Waals surface area contributed by atoms with E-state index < -0.39 is 21.7 Å². The average Bonchev–Trinajstić information content (AvgIpc) is 3.28. The molecule has 0 unspecified atom stereocenters. The maximum absolute atomic E-state index is 14.5. The highest BCUT2D eigenvalue weighted by atomic mass is 32.2. The van der Waals surface area contributed by atoms with E-state index in [1.165, 1.54) is 37.8 Å². The van der Waals surface area contributed by atoms with Crippen molar-refractivity contribution < 1.29 is 26.8 Å². The number of fused-ring (bicyclic) bond motifs is 1. The Kier molecular flexibility index (Phi) is 6.39. The minimum Gasteiger partial charge on any atom is -0.481 e. The standard InChI is InChI=1S/C25H23FN2O5S/c1-15(2)19-12-18(26)13-20(17-7-9-27-24(11-17)32-3)21(19)14-23(29)28-34(30,31)22-6-4-5-16-8-10-33-25(16)22/h4-13,15H,14H2,1-3H3,(H,28,29). The molecule has 9 heteroatoms. The number of nitrogens with zero attached hydrogens (tertiary/aromatic N) is 1. The van der Waals surface area contributed by atoms with Gasteiger partial charge in [-0.2, -0.15) is 0 Å². The van der Waals surface area contributed by atoms with E-state index in [1.807, 2.05) is 13.8 Å². The van der Waals surface area contributed by atoms with Gasteiger partial charge in [0.05, 0.1) is 19.8 Å². The highest BCUT2D eigenvalue weighted by molar-refractivity contribution is 7.90. The van der Waals surface area contributed by atoms with Crippen LogP contribution < -0.4 is 9.46 Å². The van der Waals surface area contributed by atoms with Crippen molar-refractivity contribution in [2.45, 2.75) is 31.1 Å². The molecule has 7 nitrogen and oxygen atoms in total. The van der Waals surface area contributed by atoms with Crippen LogP contribution in [0.2, 0.25) is 0 Å². The summed E-state index contributed by atoms with van der Waals surface area (Å²) in [4.78, 5) is 16.9. The number of carbonyl (C=O) groups excluding carboxylic acids is 1. The molecule has 1 N–H and O–H groups in total. The van der Waals surface area contributed by atoms with E-state index in [1.54, 1.807) is 30.3 Å². The van der Waals surface area contributed by atoms with E-state index in [2.05, 4.69) is 9.71 Å². The Morgan fingerprint density at radius 3 is 2.71 bits per heavy atom. The molecule has 0 bridgehead atoms. The van der Waals surface area contributed by atoms with E-state index in [0.29, 0.717) is 33.5 Å². The van der Waals surface area contributed by atoms with E-state index >= 15 is 0 Å². The zero-order valence-corrected chi connectivity index (χ0v) is 19.6. The number of carbonyl (C=O) groups is 1. The first-order valence-electron chi connectivity index (χ1n) is 10.5. The zero-order chi connectivity index (χ0) is 24.5. The van der Waals surface area contributed by atoms with Crippen molar-refractivity contribution in [3.05, 3.63) is 77.9 Å². The molecule has 0 radical (unpaired) electrons. The van der Waals surface area contributed by atoms with Crippen molar-refractivity contribution in [3.63, 3.8) is 0 Å². The maximum Gasteiger partial charge on any atom is 0.267 e. The number of amides is 1. The van der Waals surface area contributed by atoms with Crippen molar-refractivity contribution >= 4 is 26.9 Å². The number of pyridine rings is 1. The number of ether oxygens (including phenoxy) is 1. The van der Waals surface area contributed by atoms with Crippen LogP contribution in [0, 0.1) is 5.82 Å². The summed E-state index contributed by atoms with van der Waals surface area (Å²) in [5.74, 6) is -0.998. The van der Waals surface area contributed by atoms with Gasteiger partial charge in [-0.3, -0.25) is 4.79 Å². The number of para-hydroxylation sites is 1. The molecule has 1 amide bonds. The van der Waals surface area contributed by atoms with Crippen LogP contribution in [0.5, 0.6) is 5.88 Å². The summed E-state index contributed by atoms with van der Waals surface area (Å²) in [5.41, 5.74) is 2.35. The summed E-state index contributed by atoms with van der Waals surface area (Å²) >= 11 is 0. The lowest BCUT2D eigenvalue weighted by atomic mass is 9.88. The van der Waals surface area contributed by atoms with Crippen LogP contribution in [-0.4, -0.2) is 26.4 Å². The lowest BCUT2D eigenvalue weighted by molar-refractivity contribution is -0.118. The highest BCUT2D eigenvalue weighted by Crippen LogP contribution is 2.33. The molecular formula is C25H23FN2O5S. The molecule has 176 valence electrons. The zero-order valence-electron chi connectivity index (χ0n) is 18.8. The van der Waals surface area contributed by atoms with Gasteiger partial charge in [0.1, 0.15) is 10.7 Å². The monoisotopic (exact) mass is 482 g/mol. The number of methoxy groups -OCH3 is 1. The molecule has 4 aromatic rings. The molecule has 0 aliphatic heterocycles. The number of hydrogen-bond donors (Lipinski definition) is 1. The number of furan rings is 1. The Morgan fingerprint density at radius 2 is 1.97 bits per heavy atom. The number of hydrogen-bond acceptors (Lipinski definition) is 6. The van der Waals surface area contributed by atoms with Gasteiger partial charge in [0.25, 0.3) is 10.0 Å². The number of aromatic nitrogens is 1. The van der Waals surface area contributed by atoms with Crippen LogP contribution in [0.3, 0.4) is 0 Å². The third kappa shape index (κ3) is 4.65. The molecule has 2 aromatic carbocycles. The van der Waals surface area contributed by atoms with E-state index in [9.17, 15) is 17.6 Å². The predicted octanol–water partition coefficient (Wildman–Crippen LogP) is 4.81. The third-order valence-electron chi connectivity index (χ3n) is 5.44. The Labute approximate surface area is 196 Å². The van der Waals surface area contributed by atoms with Crippen molar-refractivity contribution in [2.24, 2.45) is 0 Å². The largest absolute Gasteiger partial charge is 0.481 e. The van der Waals surface area contributed by atoms with Crippen molar-refractivity contribution in [3.8, 4) is 17.0 Å². The topological polar surface area (TPSA) is 98.5 Å². The van der Waals surface area contributed by atoms with Crippen LogP contribution in [0.25, 0.3) is 22.1 Å². The quantitative estimate of drug-likeness (QED) is 0.406. The van der Waals surface area contributed by atoms with Crippen LogP contribution >= 0.6 is 0 Å². The van der Waals surface area contributed by atoms with Crippen LogP contribution in [0.15, 0.2) is 70.3 Å². The third-order valence-corrected chi connectivity index (χ3v) is 6.84. The summed E-state index contributed by atoms with van der Waals surface area (Å²) in [6.45, 7) is 3.75. The molecule has 0 aliphatic carbocycles. The molecule has 0 spiro atoms. The van der Waals surface area contributed by atoms with E-state index in [0.717, 1.165) is 0 Å². The van der Waals surface area contributed by atoms with Gasteiger partial charge < -0.3 is 9.15 Å². The first kappa shape index (κ1) is 23.4. The smallest absolute Gasteiger partial charge is 0.267 e. The normalized spacial score (nSPS) is 11.7. The molecule has 0 saturated carbocycles. The second kappa shape index (κ2) is 9.26. The summed E-state index contributed by atoms with van der Waals surface area (Å²) in [6, 6.07) is 12.3. The van der Waals surface area contributed by atoms with Gasteiger partial charge in [-0.1, -0.05) is 26.0 Å². The predicted molar refractivity (Wildman–Crippen MR) is 126 cm³/mol. The first-order valence-corrected chi connectivity index (χ1v) is 12.0. The maximum atomic E-state index is 14.5. The Morgan fingerprint density at radius 1 is 1.18 bits per heavy atom. The fourth-order valence-corrected chi connectivity index (χ4v) is 5.04. The van der Waals surface area contributed by atoms with Crippen LogP contribution in [0.1, 0.15) is 30.9 Å². The lowest BCUT2D eigenvalue weighted by Gasteiger charge is -2.18. The molecule has 34 heavy (non-hydrogen) atoms. The molecule has 0 atom stereocenters. The SMILES string of the molecule is COc1cc(-c2cc(F)cc(C(C)C)c2CC(=O)NS(=O)(=O)c2cccc3ccoc23)ccn1. The summed E-state index contributed by atoms with van der Waals surface area (Å²) < 4.78 is 53.1. The average molecular weight is 483 g/mol. The minimum atomic E-state index is -4.20. The molecule has 0 aliphatic rings. The molecule has 2 aromatic heterocycles. The minimum absolute atomic E-state index is 0.116. The fourth-order valence-electron chi connectivity index (χ4n) is 3.90. The number of nitrogens with one attached hydrogen (secondary N) is 1. The Balaban J connectivity index is 1.73. The summed E-state index contributed by atoms with van der Waals surface area (Å²) in [7, 11) is -2.73. The van der Waals surface area contributed by atoms with Gasteiger partial charge in [0.2, 0.25) is 11.8 Å². The highest BCUT2D eigenvalue weighted by Gasteiger charge is 2.24. The van der Waals surface area contributed by atoms with Gasteiger partial charge in [-0.05, 0) is 58.5 Å². The number of sulfonamides is 1. The lowest BCUT2D eigenvalue weighted by Crippen LogP contribution is -2.32. The number of halogens is 1. The fraction of sp³-hybridized carbons (Fsp3) is 0.200. The molecule has 0 fully saturated rings. The molecule has 2 heterocycles. The van der Waals surface area contributed by atoms with Crippen LogP contribution in [-0.2, 0) is 21.2 Å². The second-order valence-electron chi connectivity index (χ2n) is 8.06. The van der Waals surface area contributed by atoms with Gasteiger partial charge in [-0.25, -0.2) is 22.5 Å². The van der Waals surface area contributed by atoms with Gasteiger partial charge in [0.15, 0.2) is 5.58 Å². The van der Waals surface area contributed by atoms with E-state index in [-0.39, 0.29) is 22.8 Å². The van der Waals surface area contributed by atoms with Crippen molar-refractivity contribution in [1.29, 1.82) is 0 Å².